The minimum absolute atomic E-state index is 0. The zero-order chi connectivity index (χ0) is 14.7. The molecule has 0 radical (unpaired) electrons. The fourth-order valence-corrected chi connectivity index (χ4v) is 2.42. The van der Waals surface area contributed by atoms with Crippen LogP contribution in [-0.4, -0.2) is 21.8 Å². The smallest absolute Gasteiger partial charge is 0.254 e. The van der Waals surface area contributed by atoms with Gasteiger partial charge in [-0.25, -0.2) is 0 Å². The van der Waals surface area contributed by atoms with Gasteiger partial charge >= 0.3 is 0 Å². The van der Waals surface area contributed by atoms with Crippen LogP contribution in [0.15, 0.2) is 48.7 Å². The first-order valence-electron chi connectivity index (χ1n) is 7.28. The molecule has 0 aliphatic heterocycles. The SMILES string of the molecule is Cl.NCc1cc(C(=O)N(Cc2ccccc2)C2CC2)ccn1. The minimum Gasteiger partial charge on any atom is -0.331 e. The molecule has 2 aromatic rings. The normalized spacial score (nSPS) is 13.3. The van der Waals surface area contributed by atoms with Gasteiger partial charge in [-0.1, -0.05) is 30.3 Å². The van der Waals surface area contributed by atoms with Crippen molar-refractivity contribution in [2.24, 2.45) is 5.73 Å². The molecule has 0 saturated heterocycles. The average molecular weight is 318 g/mol. The van der Waals surface area contributed by atoms with E-state index in [1.807, 2.05) is 23.1 Å². The van der Waals surface area contributed by atoms with Crippen LogP contribution >= 0.6 is 12.4 Å². The number of halogens is 1. The molecular formula is C17H20ClN3O. The van der Waals surface area contributed by atoms with E-state index in [1.165, 1.54) is 0 Å². The molecule has 1 aliphatic rings. The van der Waals surface area contributed by atoms with Gasteiger partial charge in [0.2, 0.25) is 0 Å². The number of benzene rings is 1. The maximum Gasteiger partial charge on any atom is 0.254 e. The number of rotatable bonds is 5. The van der Waals surface area contributed by atoms with Crippen LogP contribution in [0.2, 0.25) is 0 Å². The summed E-state index contributed by atoms with van der Waals surface area (Å²) < 4.78 is 0. The molecule has 0 atom stereocenters. The summed E-state index contributed by atoms with van der Waals surface area (Å²) in [7, 11) is 0. The number of carbonyl (C=O) groups is 1. The van der Waals surface area contributed by atoms with Crippen molar-refractivity contribution in [2.75, 3.05) is 0 Å². The molecule has 0 unspecified atom stereocenters. The number of hydrogen-bond donors (Lipinski definition) is 1. The Morgan fingerprint density at radius 2 is 1.95 bits per heavy atom. The van der Waals surface area contributed by atoms with Crippen LogP contribution in [0.25, 0.3) is 0 Å². The molecule has 116 valence electrons. The third kappa shape index (κ3) is 3.84. The molecule has 1 aromatic carbocycles. The van der Waals surface area contributed by atoms with Crippen LogP contribution in [0.5, 0.6) is 0 Å². The Hall–Kier alpha value is -1.91. The highest BCUT2D eigenvalue weighted by molar-refractivity contribution is 5.94. The average Bonchev–Trinajstić information content (AvgIpc) is 3.38. The third-order valence-electron chi connectivity index (χ3n) is 3.72. The zero-order valence-electron chi connectivity index (χ0n) is 12.3. The molecule has 22 heavy (non-hydrogen) atoms. The van der Waals surface area contributed by atoms with E-state index in [9.17, 15) is 4.79 Å². The first kappa shape index (κ1) is 16.5. The Morgan fingerprint density at radius 3 is 2.59 bits per heavy atom. The number of nitrogens with zero attached hydrogens (tertiary/aromatic N) is 2. The molecule has 0 spiro atoms. The summed E-state index contributed by atoms with van der Waals surface area (Å²) in [6, 6.07) is 14.0. The molecular weight excluding hydrogens is 298 g/mol. The van der Waals surface area contributed by atoms with Gasteiger partial charge in [-0.2, -0.15) is 0 Å². The predicted octanol–water partition coefficient (Wildman–Crippen LogP) is 2.77. The van der Waals surface area contributed by atoms with E-state index < -0.39 is 0 Å². The Balaban J connectivity index is 0.00000176. The third-order valence-corrected chi connectivity index (χ3v) is 3.72. The van der Waals surface area contributed by atoms with Crippen LogP contribution in [0.3, 0.4) is 0 Å². The van der Waals surface area contributed by atoms with E-state index in [2.05, 4.69) is 17.1 Å². The minimum atomic E-state index is 0. The topological polar surface area (TPSA) is 59.2 Å². The fraction of sp³-hybridized carbons (Fsp3) is 0.294. The number of pyridine rings is 1. The van der Waals surface area contributed by atoms with Crippen LogP contribution in [0, 0.1) is 0 Å². The van der Waals surface area contributed by atoms with Crippen LogP contribution in [0.1, 0.15) is 34.5 Å². The summed E-state index contributed by atoms with van der Waals surface area (Å²) in [6.07, 6.45) is 3.84. The standard InChI is InChI=1S/C17H19N3O.ClH/c18-11-15-10-14(8-9-19-15)17(21)20(16-6-7-16)12-13-4-2-1-3-5-13;/h1-5,8-10,16H,6-7,11-12,18H2;1H. The highest BCUT2D eigenvalue weighted by Gasteiger charge is 2.33. The molecule has 1 heterocycles. The lowest BCUT2D eigenvalue weighted by Crippen LogP contribution is -2.32. The monoisotopic (exact) mass is 317 g/mol. The molecule has 1 amide bonds. The van der Waals surface area contributed by atoms with Crippen LogP contribution in [0.4, 0.5) is 0 Å². The van der Waals surface area contributed by atoms with Crippen molar-refractivity contribution < 1.29 is 4.79 Å². The van der Waals surface area contributed by atoms with Crippen molar-refractivity contribution in [2.45, 2.75) is 32.0 Å². The molecule has 2 N–H and O–H groups in total. The highest BCUT2D eigenvalue weighted by Crippen LogP contribution is 2.29. The number of aromatic nitrogens is 1. The molecule has 1 aliphatic carbocycles. The Morgan fingerprint density at radius 1 is 1.23 bits per heavy atom. The second kappa shape index (κ2) is 7.38. The first-order valence-corrected chi connectivity index (χ1v) is 7.28. The maximum atomic E-state index is 12.8. The lowest BCUT2D eigenvalue weighted by Gasteiger charge is -2.23. The van der Waals surface area contributed by atoms with Gasteiger partial charge in [-0.05, 0) is 30.5 Å². The van der Waals surface area contributed by atoms with Crippen molar-refractivity contribution in [1.82, 2.24) is 9.88 Å². The van der Waals surface area contributed by atoms with Gasteiger partial charge in [0.25, 0.3) is 5.91 Å². The summed E-state index contributed by atoms with van der Waals surface area (Å²) in [5, 5.41) is 0. The highest BCUT2D eigenvalue weighted by atomic mass is 35.5. The molecule has 0 bridgehead atoms. The quantitative estimate of drug-likeness (QED) is 0.922. The van der Waals surface area contributed by atoms with Gasteiger partial charge in [-0.15, -0.1) is 12.4 Å². The Kier molecular flexibility index (Phi) is 5.52. The second-order valence-corrected chi connectivity index (χ2v) is 5.39. The van der Waals surface area contributed by atoms with Crippen LogP contribution < -0.4 is 5.73 Å². The lowest BCUT2D eigenvalue weighted by atomic mass is 10.1. The first-order chi connectivity index (χ1) is 10.3. The molecule has 1 saturated carbocycles. The van der Waals surface area contributed by atoms with Gasteiger partial charge in [0, 0.05) is 30.9 Å². The Bertz CT molecular complexity index is 629. The number of hydrogen-bond acceptors (Lipinski definition) is 3. The Labute approximate surface area is 136 Å². The van der Waals surface area contributed by atoms with E-state index in [0.717, 1.165) is 24.1 Å². The predicted molar refractivity (Wildman–Crippen MR) is 88.7 cm³/mol. The fourth-order valence-electron chi connectivity index (χ4n) is 2.42. The molecule has 3 rings (SSSR count). The van der Waals surface area contributed by atoms with E-state index >= 15 is 0 Å². The molecule has 4 nitrogen and oxygen atoms in total. The van der Waals surface area contributed by atoms with Crippen molar-refractivity contribution in [3.05, 3.63) is 65.5 Å². The number of nitrogens with two attached hydrogens (primary N) is 1. The summed E-state index contributed by atoms with van der Waals surface area (Å²) >= 11 is 0. The summed E-state index contributed by atoms with van der Waals surface area (Å²) in [5.74, 6) is 0.0680. The number of amides is 1. The van der Waals surface area contributed by atoms with Gasteiger partial charge in [-0.3, -0.25) is 9.78 Å². The van der Waals surface area contributed by atoms with E-state index in [4.69, 9.17) is 5.73 Å². The summed E-state index contributed by atoms with van der Waals surface area (Å²) in [4.78, 5) is 18.9. The molecule has 1 aromatic heterocycles. The largest absolute Gasteiger partial charge is 0.331 e. The van der Waals surface area contributed by atoms with Crippen molar-refractivity contribution >= 4 is 18.3 Å². The van der Waals surface area contributed by atoms with Crippen LogP contribution in [-0.2, 0) is 13.1 Å². The van der Waals surface area contributed by atoms with Gasteiger partial charge in [0.05, 0.1) is 5.69 Å². The molecule has 5 heteroatoms. The van der Waals surface area contributed by atoms with E-state index in [0.29, 0.717) is 24.7 Å². The zero-order valence-corrected chi connectivity index (χ0v) is 13.1. The van der Waals surface area contributed by atoms with Crippen molar-refractivity contribution in [3.63, 3.8) is 0 Å². The summed E-state index contributed by atoms with van der Waals surface area (Å²) in [6.45, 7) is 1.01. The number of carbonyl (C=O) groups excluding carboxylic acids is 1. The van der Waals surface area contributed by atoms with Crippen molar-refractivity contribution in [1.29, 1.82) is 0 Å². The van der Waals surface area contributed by atoms with Gasteiger partial charge in [0.15, 0.2) is 0 Å². The summed E-state index contributed by atoms with van der Waals surface area (Å²) in [5.41, 5.74) is 8.18. The lowest BCUT2D eigenvalue weighted by molar-refractivity contribution is 0.0729. The van der Waals surface area contributed by atoms with Gasteiger partial charge < -0.3 is 10.6 Å². The van der Waals surface area contributed by atoms with Crippen molar-refractivity contribution in [3.8, 4) is 0 Å². The van der Waals surface area contributed by atoms with Gasteiger partial charge in [0.1, 0.15) is 0 Å². The van der Waals surface area contributed by atoms with E-state index in [1.54, 1.807) is 18.3 Å². The second-order valence-electron chi connectivity index (χ2n) is 5.39. The molecule has 1 fully saturated rings. The maximum absolute atomic E-state index is 12.8. The van der Waals surface area contributed by atoms with E-state index in [-0.39, 0.29) is 18.3 Å².